The molecule has 1 N–H and O–H groups in total. The first-order chi connectivity index (χ1) is 8.65. The third-order valence-electron chi connectivity index (χ3n) is 2.79. The highest BCUT2D eigenvalue weighted by Gasteiger charge is 2.45. The summed E-state index contributed by atoms with van der Waals surface area (Å²) in [5.74, 6) is -3.56. The van der Waals surface area contributed by atoms with E-state index >= 15 is 0 Å². The molecule has 1 fully saturated rings. The van der Waals surface area contributed by atoms with Crippen LogP contribution in [0.1, 0.15) is 20.8 Å². The minimum Gasteiger partial charge on any atom is -0.481 e. The predicted octanol–water partition coefficient (Wildman–Crippen LogP) is 0.727. The molecule has 0 bridgehead atoms. The Labute approximate surface area is 111 Å². The fourth-order valence-electron chi connectivity index (χ4n) is 1.92. The second kappa shape index (κ2) is 5.46. The molecule has 0 aromatic carbocycles. The van der Waals surface area contributed by atoms with Crippen LogP contribution >= 0.6 is 0 Å². The summed E-state index contributed by atoms with van der Waals surface area (Å²) in [6.45, 7) is 5.09. The number of hydrogen-bond acceptors (Lipinski definition) is 5. The summed E-state index contributed by atoms with van der Waals surface area (Å²) in [4.78, 5) is 35.7. The monoisotopic (exact) mass is 273 g/mol. The lowest BCUT2D eigenvalue weighted by atomic mass is 9.97. The number of carboxylic acid groups (broad SMARTS) is 1. The van der Waals surface area contributed by atoms with Crippen molar-refractivity contribution in [3.63, 3.8) is 0 Å². The van der Waals surface area contributed by atoms with Gasteiger partial charge in [0.2, 0.25) is 0 Å². The van der Waals surface area contributed by atoms with E-state index in [0.29, 0.717) is 0 Å². The van der Waals surface area contributed by atoms with E-state index in [1.165, 1.54) is 12.0 Å². The van der Waals surface area contributed by atoms with Crippen LogP contribution < -0.4 is 0 Å². The Hall–Kier alpha value is -1.79. The summed E-state index contributed by atoms with van der Waals surface area (Å²) < 4.78 is 9.72. The number of methoxy groups -OCH3 is 1. The summed E-state index contributed by atoms with van der Waals surface area (Å²) in [6.07, 6.45) is -0.620. The SMILES string of the molecule is COC(=O)[C@H]1CN(C(=O)OC(C)(C)C)C[C@H]1C(=O)O. The van der Waals surface area contributed by atoms with Gasteiger partial charge in [-0.05, 0) is 20.8 Å². The molecule has 7 heteroatoms. The molecule has 1 aliphatic heterocycles. The molecule has 1 saturated heterocycles. The van der Waals surface area contributed by atoms with Gasteiger partial charge < -0.3 is 19.5 Å². The largest absolute Gasteiger partial charge is 0.481 e. The Bertz CT molecular complexity index is 386. The molecule has 1 amide bonds. The van der Waals surface area contributed by atoms with Crippen LogP contribution in [0.2, 0.25) is 0 Å². The van der Waals surface area contributed by atoms with Crippen molar-refractivity contribution in [2.24, 2.45) is 11.8 Å². The van der Waals surface area contributed by atoms with E-state index in [9.17, 15) is 14.4 Å². The zero-order valence-corrected chi connectivity index (χ0v) is 11.5. The number of ether oxygens (including phenoxy) is 2. The summed E-state index contributed by atoms with van der Waals surface area (Å²) in [7, 11) is 1.19. The van der Waals surface area contributed by atoms with Gasteiger partial charge in [0.15, 0.2) is 0 Å². The summed E-state index contributed by atoms with van der Waals surface area (Å²) >= 11 is 0. The Morgan fingerprint density at radius 1 is 1.16 bits per heavy atom. The molecule has 0 saturated carbocycles. The maximum atomic E-state index is 11.8. The predicted molar refractivity (Wildman–Crippen MR) is 64.4 cm³/mol. The van der Waals surface area contributed by atoms with Crippen molar-refractivity contribution in [2.45, 2.75) is 26.4 Å². The van der Waals surface area contributed by atoms with E-state index in [1.54, 1.807) is 20.8 Å². The number of hydrogen-bond donors (Lipinski definition) is 1. The zero-order chi connectivity index (χ0) is 14.8. The van der Waals surface area contributed by atoms with Crippen LogP contribution in [-0.4, -0.2) is 53.8 Å². The minimum atomic E-state index is -1.12. The lowest BCUT2D eigenvalue weighted by molar-refractivity contribution is -0.153. The first kappa shape index (κ1) is 15.3. The average Bonchev–Trinajstić information content (AvgIpc) is 2.70. The fraction of sp³-hybridized carbons (Fsp3) is 0.750. The molecule has 0 radical (unpaired) electrons. The lowest BCUT2D eigenvalue weighted by Crippen LogP contribution is -2.36. The quantitative estimate of drug-likeness (QED) is 0.745. The van der Waals surface area contributed by atoms with Gasteiger partial charge in [0.05, 0.1) is 18.9 Å². The Morgan fingerprint density at radius 3 is 2.11 bits per heavy atom. The van der Waals surface area contributed by atoms with Gasteiger partial charge in [-0.1, -0.05) is 0 Å². The molecule has 2 atom stereocenters. The van der Waals surface area contributed by atoms with Crippen LogP contribution in [0.25, 0.3) is 0 Å². The van der Waals surface area contributed by atoms with Gasteiger partial charge in [0.25, 0.3) is 0 Å². The Balaban J connectivity index is 2.78. The molecule has 108 valence electrons. The van der Waals surface area contributed by atoms with Crippen molar-refractivity contribution in [1.29, 1.82) is 0 Å². The maximum Gasteiger partial charge on any atom is 0.410 e. The average molecular weight is 273 g/mol. The van der Waals surface area contributed by atoms with Crippen LogP contribution in [0.15, 0.2) is 0 Å². The highest BCUT2D eigenvalue weighted by Crippen LogP contribution is 2.26. The van der Waals surface area contributed by atoms with Gasteiger partial charge in [-0.15, -0.1) is 0 Å². The van der Waals surface area contributed by atoms with Crippen molar-refractivity contribution in [3.8, 4) is 0 Å². The highest BCUT2D eigenvalue weighted by molar-refractivity contribution is 5.84. The smallest absolute Gasteiger partial charge is 0.410 e. The molecule has 1 rings (SSSR count). The zero-order valence-electron chi connectivity index (χ0n) is 11.5. The number of nitrogens with zero attached hydrogens (tertiary/aromatic N) is 1. The number of carbonyl (C=O) groups excluding carboxylic acids is 2. The van der Waals surface area contributed by atoms with E-state index in [2.05, 4.69) is 4.74 Å². The van der Waals surface area contributed by atoms with E-state index in [1.807, 2.05) is 0 Å². The van der Waals surface area contributed by atoms with E-state index in [-0.39, 0.29) is 13.1 Å². The molecule has 7 nitrogen and oxygen atoms in total. The number of aliphatic carboxylic acids is 1. The second-order valence-electron chi connectivity index (χ2n) is 5.46. The third-order valence-corrected chi connectivity index (χ3v) is 2.79. The molecule has 1 aliphatic rings. The molecule has 0 aliphatic carbocycles. The van der Waals surface area contributed by atoms with E-state index < -0.39 is 35.5 Å². The molecular formula is C12H19NO6. The number of amides is 1. The topological polar surface area (TPSA) is 93.1 Å². The standard InChI is InChI=1S/C12H19NO6/c1-12(2,3)19-11(17)13-5-7(9(14)15)8(6-13)10(16)18-4/h7-8H,5-6H2,1-4H3,(H,14,15)/t7-,8+/m1/s1. The molecule has 0 unspecified atom stereocenters. The summed E-state index contributed by atoms with van der Waals surface area (Å²) in [6, 6.07) is 0. The van der Waals surface area contributed by atoms with Crippen LogP contribution in [0, 0.1) is 11.8 Å². The second-order valence-corrected chi connectivity index (χ2v) is 5.46. The van der Waals surface area contributed by atoms with Gasteiger partial charge in [-0.2, -0.15) is 0 Å². The molecular weight excluding hydrogens is 254 g/mol. The number of esters is 1. The first-order valence-corrected chi connectivity index (χ1v) is 5.94. The number of rotatable bonds is 2. The molecule has 0 aromatic rings. The van der Waals surface area contributed by atoms with Gasteiger partial charge in [-0.3, -0.25) is 9.59 Å². The van der Waals surface area contributed by atoms with Crippen molar-refractivity contribution in [1.82, 2.24) is 4.90 Å². The molecule has 0 spiro atoms. The van der Waals surface area contributed by atoms with Gasteiger partial charge in [0, 0.05) is 13.1 Å². The van der Waals surface area contributed by atoms with Crippen molar-refractivity contribution in [3.05, 3.63) is 0 Å². The van der Waals surface area contributed by atoms with Crippen molar-refractivity contribution < 1.29 is 29.0 Å². The fourth-order valence-corrected chi connectivity index (χ4v) is 1.92. The molecule has 19 heavy (non-hydrogen) atoms. The van der Waals surface area contributed by atoms with Crippen LogP contribution in [0.5, 0.6) is 0 Å². The van der Waals surface area contributed by atoms with Gasteiger partial charge >= 0.3 is 18.0 Å². The lowest BCUT2D eigenvalue weighted by Gasteiger charge is -2.24. The highest BCUT2D eigenvalue weighted by atomic mass is 16.6. The van der Waals surface area contributed by atoms with Gasteiger partial charge in [-0.25, -0.2) is 4.79 Å². The van der Waals surface area contributed by atoms with Crippen molar-refractivity contribution in [2.75, 3.05) is 20.2 Å². The minimum absolute atomic E-state index is 0.00144. The summed E-state index contributed by atoms with van der Waals surface area (Å²) in [5, 5.41) is 9.07. The Morgan fingerprint density at radius 2 is 1.68 bits per heavy atom. The maximum absolute atomic E-state index is 11.8. The van der Waals surface area contributed by atoms with E-state index in [4.69, 9.17) is 9.84 Å². The normalized spacial score (nSPS) is 23.1. The molecule has 0 aromatic heterocycles. The van der Waals surface area contributed by atoms with Crippen LogP contribution in [-0.2, 0) is 19.1 Å². The number of likely N-dealkylation sites (tertiary alicyclic amines) is 1. The first-order valence-electron chi connectivity index (χ1n) is 5.94. The number of carboxylic acids is 1. The van der Waals surface area contributed by atoms with Crippen LogP contribution in [0.3, 0.4) is 0 Å². The number of carbonyl (C=O) groups is 3. The summed E-state index contributed by atoms with van der Waals surface area (Å²) in [5.41, 5.74) is -0.668. The van der Waals surface area contributed by atoms with Gasteiger partial charge in [0.1, 0.15) is 5.60 Å². The third kappa shape index (κ3) is 3.84. The Kier molecular flexibility index (Phi) is 4.39. The molecule has 1 heterocycles. The van der Waals surface area contributed by atoms with Crippen molar-refractivity contribution >= 4 is 18.0 Å². The van der Waals surface area contributed by atoms with E-state index in [0.717, 1.165) is 0 Å². The van der Waals surface area contributed by atoms with Crippen LogP contribution in [0.4, 0.5) is 4.79 Å².